The summed E-state index contributed by atoms with van der Waals surface area (Å²) < 4.78 is 11.6. The van der Waals surface area contributed by atoms with Crippen LogP contribution in [0.15, 0.2) is 47.1 Å². The highest BCUT2D eigenvalue weighted by Crippen LogP contribution is 2.22. The molecule has 1 atom stereocenters. The molecule has 0 spiro atoms. The molecule has 0 aliphatic carbocycles. The molecule has 1 aliphatic heterocycles. The molecule has 2 amide bonds. The molecule has 8 nitrogen and oxygen atoms in total. The number of thiazole rings is 1. The van der Waals surface area contributed by atoms with E-state index in [1.165, 1.54) is 6.26 Å². The van der Waals surface area contributed by atoms with Crippen molar-refractivity contribution in [2.45, 2.75) is 25.9 Å². The summed E-state index contributed by atoms with van der Waals surface area (Å²) in [4.78, 5) is 45.0. The molecule has 1 saturated heterocycles. The lowest BCUT2D eigenvalue weighted by Crippen LogP contribution is -2.53. The van der Waals surface area contributed by atoms with Crippen LogP contribution >= 0.6 is 11.3 Å². The zero-order valence-corrected chi connectivity index (χ0v) is 18.0. The first-order valence-corrected chi connectivity index (χ1v) is 11.0. The lowest BCUT2D eigenvalue weighted by Gasteiger charge is -2.35. The van der Waals surface area contributed by atoms with Crippen LogP contribution in [-0.4, -0.2) is 64.9 Å². The normalized spacial score (nSPS) is 15.1. The van der Waals surface area contributed by atoms with Crippen molar-refractivity contribution < 1.29 is 23.5 Å². The van der Waals surface area contributed by atoms with E-state index in [4.69, 9.17) is 9.15 Å². The molecule has 0 radical (unpaired) electrons. The number of ether oxygens (including phenoxy) is 1. The van der Waals surface area contributed by atoms with Crippen molar-refractivity contribution in [1.82, 2.24) is 14.8 Å². The Kier molecular flexibility index (Phi) is 6.31. The minimum atomic E-state index is -0.866. The molecular weight excluding hydrogens is 418 g/mol. The number of aryl methyl sites for hydroxylation is 1. The molecule has 0 bridgehead atoms. The van der Waals surface area contributed by atoms with Gasteiger partial charge in [0.15, 0.2) is 11.9 Å². The number of piperazine rings is 1. The van der Waals surface area contributed by atoms with Gasteiger partial charge in [0.1, 0.15) is 0 Å². The minimum Gasteiger partial charge on any atom is -0.459 e. The number of esters is 1. The fraction of sp³-hybridized carbons (Fsp3) is 0.364. The van der Waals surface area contributed by atoms with Gasteiger partial charge < -0.3 is 19.0 Å². The summed E-state index contributed by atoms with van der Waals surface area (Å²) in [6.07, 6.45) is 1.24. The van der Waals surface area contributed by atoms with Crippen molar-refractivity contribution >= 4 is 39.3 Å². The number of amides is 2. The molecule has 1 aliphatic rings. The average Bonchev–Trinajstić information content (AvgIpc) is 3.46. The first-order valence-electron chi connectivity index (χ1n) is 10.2. The summed E-state index contributed by atoms with van der Waals surface area (Å²) >= 11 is 1.56. The maximum Gasteiger partial charge on any atom is 0.306 e. The first-order chi connectivity index (χ1) is 15.0. The number of furan rings is 1. The molecule has 4 rings (SSSR count). The van der Waals surface area contributed by atoms with Crippen LogP contribution in [0.25, 0.3) is 10.2 Å². The third-order valence-corrected chi connectivity index (χ3v) is 6.24. The molecule has 31 heavy (non-hydrogen) atoms. The molecule has 3 aromatic rings. The van der Waals surface area contributed by atoms with Gasteiger partial charge in [-0.15, -0.1) is 11.3 Å². The van der Waals surface area contributed by atoms with Gasteiger partial charge in [-0.3, -0.25) is 14.4 Å². The largest absolute Gasteiger partial charge is 0.459 e. The molecule has 9 heteroatoms. The van der Waals surface area contributed by atoms with Gasteiger partial charge in [0.05, 0.1) is 27.9 Å². The van der Waals surface area contributed by atoms with Gasteiger partial charge in [0.2, 0.25) is 0 Å². The number of rotatable bonds is 6. The summed E-state index contributed by atoms with van der Waals surface area (Å²) in [6.45, 7) is 3.17. The quantitative estimate of drug-likeness (QED) is 0.546. The standard InChI is InChI=1S/C22H23N3O5S/c1-15(30-20(26)9-8-19-23-16-5-2-3-7-18(16)31-19)21(27)24-10-12-25(13-11-24)22(28)17-6-4-14-29-17/h2-7,14-15H,8-13H2,1H3. The molecule has 1 fully saturated rings. The summed E-state index contributed by atoms with van der Waals surface area (Å²) in [6, 6.07) is 11.1. The number of carbonyl (C=O) groups excluding carboxylic acids is 3. The smallest absolute Gasteiger partial charge is 0.306 e. The van der Waals surface area contributed by atoms with Crippen LogP contribution < -0.4 is 0 Å². The number of benzene rings is 1. The molecule has 1 unspecified atom stereocenters. The van der Waals surface area contributed by atoms with Crippen LogP contribution in [0.1, 0.15) is 28.9 Å². The van der Waals surface area contributed by atoms with E-state index in [9.17, 15) is 14.4 Å². The lowest BCUT2D eigenvalue weighted by molar-refractivity contribution is -0.159. The predicted octanol–water partition coefficient (Wildman–Crippen LogP) is 2.74. The van der Waals surface area contributed by atoms with Crippen molar-refractivity contribution in [2.75, 3.05) is 26.2 Å². The molecule has 1 aromatic carbocycles. The Bertz CT molecular complexity index is 1040. The van der Waals surface area contributed by atoms with Crippen LogP contribution in [-0.2, 0) is 20.7 Å². The minimum absolute atomic E-state index is 0.170. The zero-order chi connectivity index (χ0) is 21.8. The average molecular weight is 442 g/mol. The highest BCUT2D eigenvalue weighted by Gasteiger charge is 2.29. The van der Waals surface area contributed by atoms with Gasteiger partial charge in [0, 0.05) is 32.6 Å². The van der Waals surface area contributed by atoms with Gasteiger partial charge in [-0.1, -0.05) is 12.1 Å². The maximum atomic E-state index is 12.6. The fourth-order valence-corrected chi connectivity index (χ4v) is 4.45. The van der Waals surface area contributed by atoms with Gasteiger partial charge in [-0.25, -0.2) is 4.98 Å². The van der Waals surface area contributed by atoms with Crippen molar-refractivity contribution in [3.05, 3.63) is 53.4 Å². The number of carbonyl (C=O) groups is 3. The van der Waals surface area contributed by atoms with Crippen LogP contribution in [0.2, 0.25) is 0 Å². The Hall–Kier alpha value is -3.20. The Labute approximate surface area is 183 Å². The van der Waals surface area contributed by atoms with Crippen LogP contribution in [0, 0.1) is 0 Å². The van der Waals surface area contributed by atoms with Crippen LogP contribution in [0.3, 0.4) is 0 Å². The van der Waals surface area contributed by atoms with Crippen molar-refractivity contribution in [1.29, 1.82) is 0 Å². The number of hydrogen-bond donors (Lipinski definition) is 0. The Morgan fingerprint density at radius 2 is 1.84 bits per heavy atom. The summed E-state index contributed by atoms with van der Waals surface area (Å²) in [5.41, 5.74) is 0.920. The SMILES string of the molecule is CC(OC(=O)CCc1nc2ccccc2s1)C(=O)N1CCN(C(=O)c2ccco2)CC1. The van der Waals surface area contributed by atoms with Gasteiger partial charge in [-0.05, 0) is 31.2 Å². The number of hydrogen-bond acceptors (Lipinski definition) is 7. The second-order valence-electron chi connectivity index (χ2n) is 7.30. The lowest BCUT2D eigenvalue weighted by atomic mass is 10.2. The third-order valence-electron chi connectivity index (χ3n) is 5.15. The van der Waals surface area contributed by atoms with Crippen LogP contribution in [0.5, 0.6) is 0 Å². The number of aromatic nitrogens is 1. The van der Waals surface area contributed by atoms with Crippen molar-refractivity contribution in [2.24, 2.45) is 0 Å². The second kappa shape index (κ2) is 9.30. The molecule has 162 valence electrons. The van der Waals surface area contributed by atoms with E-state index >= 15 is 0 Å². The summed E-state index contributed by atoms with van der Waals surface area (Å²) in [5.74, 6) is -0.577. The Morgan fingerprint density at radius 1 is 1.10 bits per heavy atom. The van der Waals surface area contributed by atoms with E-state index in [2.05, 4.69) is 4.98 Å². The fourth-order valence-electron chi connectivity index (χ4n) is 3.49. The third kappa shape index (κ3) is 4.93. The number of para-hydroxylation sites is 1. The topological polar surface area (TPSA) is 93.0 Å². The highest BCUT2D eigenvalue weighted by molar-refractivity contribution is 7.18. The van der Waals surface area contributed by atoms with Crippen LogP contribution in [0.4, 0.5) is 0 Å². The summed E-state index contributed by atoms with van der Waals surface area (Å²) in [5, 5.41) is 0.870. The van der Waals surface area contributed by atoms with E-state index < -0.39 is 12.1 Å². The van der Waals surface area contributed by atoms with E-state index in [1.54, 1.807) is 40.2 Å². The van der Waals surface area contributed by atoms with E-state index in [-0.39, 0.29) is 24.0 Å². The number of nitrogens with zero attached hydrogens (tertiary/aromatic N) is 3. The van der Waals surface area contributed by atoms with E-state index in [0.717, 1.165) is 15.2 Å². The summed E-state index contributed by atoms with van der Waals surface area (Å²) in [7, 11) is 0. The first kappa shape index (κ1) is 21.0. The molecular formula is C22H23N3O5S. The van der Waals surface area contributed by atoms with Gasteiger partial charge >= 0.3 is 5.97 Å². The Balaban J connectivity index is 1.22. The highest BCUT2D eigenvalue weighted by atomic mass is 32.1. The zero-order valence-electron chi connectivity index (χ0n) is 17.2. The van der Waals surface area contributed by atoms with Crippen molar-refractivity contribution in [3.8, 4) is 0 Å². The van der Waals surface area contributed by atoms with Crippen molar-refractivity contribution in [3.63, 3.8) is 0 Å². The van der Waals surface area contributed by atoms with Gasteiger partial charge in [-0.2, -0.15) is 0 Å². The second-order valence-corrected chi connectivity index (χ2v) is 8.42. The monoisotopic (exact) mass is 441 g/mol. The molecule has 3 heterocycles. The molecule has 2 aromatic heterocycles. The predicted molar refractivity (Wildman–Crippen MR) is 115 cm³/mol. The molecule has 0 N–H and O–H groups in total. The number of fused-ring (bicyclic) bond motifs is 1. The van der Waals surface area contributed by atoms with Gasteiger partial charge in [0.25, 0.3) is 11.8 Å². The van der Waals surface area contributed by atoms with E-state index in [0.29, 0.717) is 32.6 Å². The maximum absolute atomic E-state index is 12.6. The Morgan fingerprint density at radius 3 is 2.55 bits per heavy atom. The molecule has 0 saturated carbocycles. The van der Waals surface area contributed by atoms with E-state index in [1.807, 2.05) is 24.3 Å².